The van der Waals surface area contributed by atoms with E-state index in [2.05, 4.69) is 30.3 Å². The Hall–Kier alpha value is -1.55. The van der Waals surface area contributed by atoms with Crippen LogP contribution in [-0.2, 0) is 0 Å². The molecular formula is C16H24N2O2. The van der Waals surface area contributed by atoms with Crippen molar-refractivity contribution < 1.29 is 10.2 Å². The third-order valence-electron chi connectivity index (χ3n) is 4.12. The van der Waals surface area contributed by atoms with E-state index in [1.165, 1.54) is 6.20 Å². The highest BCUT2D eigenvalue weighted by Gasteiger charge is 2.34. The van der Waals surface area contributed by atoms with E-state index < -0.39 is 0 Å². The van der Waals surface area contributed by atoms with E-state index in [-0.39, 0.29) is 17.9 Å². The second-order valence-corrected chi connectivity index (χ2v) is 5.80. The second kappa shape index (κ2) is 5.83. The van der Waals surface area contributed by atoms with E-state index in [1.807, 2.05) is 6.92 Å². The van der Waals surface area contributed by atoms with Crippen LogP contribution in [0.4, 0.5) is 5.82 Å². The summed E-state index contributed by atoms with van der Waals surface area (Å²) in [7, 11) is 0. The first-order chi connectivity index (χ1) is 9.43. The van der Waals surface area contributed by atoms with Crippen LogP contribution in [0, 0.1) is 0 Å². The quantitative estimate of drug-likeness (QED) is 0.867. The lowest BCUT2D eigenvalue weighted by molar-refractivity contribution is 0.0753. The van der Waals surface area contributed by atoms with Gasteiger partial charge in [0.25, 0.3) is 0 Å². The van der Waals surface area contributed by atoms with Gasteiger partial charge in [-0.15, -0.1) is 0 Å². The molecule has 1 unspecified atom stereocenters. The molecule has 1 aromatic heterocycles. The summed E-state index contributed by atoms with van der Waals surface area (Å²) >= 11 is 0. The summed E-state index contributed by atoms with van der Waals surface area (Å²) in [4.78, 5) is 6.54. The summed E-state index contributed by atoms with van der Waals surface area (Å²) < 4.78 is 0. The Balaban J connectivity index is 2.40. The molecule has 0 amide bonds. The second-order valence-electron chi connectivity index (χ2n) is 5.80. The van der Waals surface area contributed by atoms with Crippen LogP contribution in [0.15, 0.2) is 24.5 Å². The topological polar surface area (TPSA) is 56.6 Å². The molecular weight excluding hydrogens is 252 g/mol. The zero-order valence-electron chi connectivity index (χ0n) is 12.5. The number of anilines is 1. The third-order valence-corrected chi connectivity index (χ3v) is 4.12. The highest BCUT2D eigenvalue weighted by molar-refractivity contribution is 5.56. The highest BCUT2D eigenvalue weighted by Crippen LogP contribution is 2.37. The fourth-order valence-corrected chi connectivity index (χ4v) is 2.68. The van der Waals surface area contributed by atoms with Crippen molar-refractivity contribution in [3.05, 3.63) is 30.1 Å². The Morgan fingerprint density at radius 3 is 2.70 bits per heavy atom. The molecule has 0 spiro atoms. The molecule has 0 bridgehead atoms. The van der Waals surface area contributed by atoms with Crippen molar-refractivity contribution in [2.24, 2.45) is 0 Å². The van der Waals surface area contributed by atoms with E-state index in [4.69, 9.17) is 0 Å². The summed E-state index contributed by atoms with van der Waals surface area (Å²) in [6.07, 6.45) is 3.73. The maximum atomic E-state index is 9.71. The number of aromatic nitrogens is 1. The molecule has 110 valence electrons. The van der Waals surface area contributed by atoms with E-state index >= 15 is 0 Å². The third kappa shape index (κ3) is 2.80. The predicted octanol–water partition coefficient (Wildman–Crippen LogP) is 3.16. The first kappa shape index (κ1) is 14.9. The fraction of sp³-hybridized carbons (Fsp3) is 0.562. The lowest BCUT2D eigenvalue weighted by Gasteiger charge is -2.42. The molecule has 0 aromatic carbocycles. The van der Waals surface area contributed by atoms with Gasteiger partial charge in [-0.3, -0.25) is 0 Å². The Labute approximate surface area is 120 Å². The Bertz CT molecular complexity index is 495. The van der Waals surface area contributed by atoms with Gasteiger partial charge in [-0.25, -0.2) is 4.98 Å². The van der Waals surface area contributed by atoms with E-state index in [0.717, 1.165) is 36.3 Å². The molecule has 1 aromatic rings. The first-order valence-electron chi connectivity index (χ1n) is 7.25. The minimum absolute atomic E-state index is 0.194. The Kier molecular flexibility index (Phi) is 4.33. The van der Waals surface area contributed by atoms with Gasteiger partial charge in [-0.1, -0.05) is 20.4 Å². The minimum Gasteiger partial charge on any atom is -0.506 e. The number of pyridine rings is 1. The molecule has 0 aliphatic heterocycles. The van der Waals surface area contributed by atoms with Gasteiger partial charge in [0.2, 0.25) is 0 Å². The predicted molar refractivity (Wildman–Crippen MR) is 80.9 cm³/mol. The van der Waals surface area contributed by atoms with E-state index in [0.29, 0.717) is 5.92 Å². The van der Waals surface area contributed by atoms with Crippen molar-refractivity contribution in [1.82, 2.24) is 4.98 Å². The van der Waals surface area contributed by atoms with Crippen molar-refractivity contribution in [3.63, 3.8) is 0 Å². The van der Waals surface area contributed by atoms with Gasteiger partial charge in [0.05, 0.1) is 12.3 Å². The molecule has 0 radical (unpaired) electrons. The first-order valence-corrected chi connectivity index (χ1v) is 7.25. The number of aliphatic hydroxyl groups excluding tert-OH is 1. The van der Waals surface area contributed by atoms with Crippen LogP contribution in [0.1, 0.15) is 51.5 Å². The van der Waals surface area contributed by atoms with Gasteiger partial charge < -0.3 is 15.1 Å². The molecule has 2 rings (SSSR count). The monoisotopic (exact) mass is 276 g/mol. The van der Waals surface area contributed by atoms with Crippen molar-refractivity contribution in [3.8, 4) is 5.75 Å². The molecule has 1 heterocycles. The molecule has 2 N–H and O–H groups in total. The van der Waals surface area contributed by atoms with Gasteiger partial charge in [-0.2, -0.15) is 0 Å². The lowest BCUT2D eigenvalue weighted by Crippen LogP contribution is -2.47. The summed E-state index contributed by atoms with van der Waals surface area (Å²) in [5, 5.41) is 19.3. The van der Waals surface area contributed by atoms with Crippen molar-refractivity contribution in [1.29, 1.82) is 0 Å². The Morgan fingerprint density at radius 1 is 1.55 bits per heavy atom. The highest BCUT2D eigenvalue weighted by atomic mass is 16.3. The standard InChI is InChI=1S/C16H24N2O2/c1-5-11(4)15-8-14(20)9-17-16(15)18(10(2)3)12-6-13(19)7-12/h8-9,11-13,19-20H,2,5-7H2,1,3-4H3. The van der Waals surface area contributed by atoms with Crippen LogP contribution in [-0.4, -0.2) is 27.3 Å². The molecule has 1 atom stereocenters. The molecule has 1 aliphatic carbocycles. The van der Waals surface area contributed by atoms with E-state index in [9.17, 15) is 10.2 Å². The number of aromatic hydroxyl groups is 1. The summed E-state index contributed by atoms with van der Waals surface area (Å²) in [6.45, 7) is 10.3. The molecule has 1 fully saturated rings. The summed E-state index contributed by atoms with van der Waals surface area (Å²) in [5.74, 6) is 1.37. The maximum absolute atomic E-state index is 9.71. The normalized spacial score (nSPS) is 23.0. The van der Waals surface area contributed by atoms with Crippen LogP contribution in [0.3, 0.4) is 0 Å². The SMILES string of the molecule is C=C(C)N(c1ncc(O)cc1C(C)CC)C1CC(O)C1. The number of hydrogen-bond acceptors (Lipinski definition) is 4. The van der Waals surface area contributed by atoms with Gasteiger partial charge >= 0.3 is 0 Å². The fourth-order valence-electron chi connectivity index (χ4n) is 2.68. The number of hydrogen-bond donors (Lipinski definition) is 2. The number of rotatable bonds is 5. The number of nitrogens with zero attached hydrogens (tertiary/aromatic N) is 2. The van der Waals surface area contributed by atoms with Gasteiger partial charge in [0.1, 0.15) is 11.6 Å². The minimum atomic E-state index is -0.217. The molecule has 1 saturated carbocycles. The Morgan fingerprint density at radius 2 is 2.20 bits per heavy atom. The van der Waals surface area contributed by atoms with Crippen LogP contribution in [0.5, 0.6) is 5.75 Å². The zero-order valence-corrected chi connectivity index (χ0v) is 12.5. The van der Waals surface area contributed by atoms with Crippen molar-refractivity contribution in [2.75, 3.05) is 4.90 Å². The number of aliphatic hydroxyl groups is 1. The maximum Gasteiger partial charge on any atom is 0.136 e. The van der Waals surface area contributed by atoms with Crippen molar-refractivity contribution >= 4 is 5.82 Å². The summed E-state index contributed by atoms with van der Waals surface area (Å²) in [5.41, 5.74) is 1.96. The zero-order chi connectivity index (χ0) is 14.9. The van der Waals surface area contributed by atoms with Gasteiger partial charge in [0.15, 0.2) is 0 Å². The van der Waals surface area contributed by atoms with Crippen LogP contribution in [0.25, 0.3) is 0 Å². The van der Waals surface area contributed by atoms with Crippen molar-refractivity contribution in [2.45, 2.75) is 58.1 Å². The van der Waals surface area contributed by atoms with Crippen LogP contribution >= 0.6 is 0 Å². The average Bonchev–Trinajstić information content (AvgIpc) is 2.37. The molecule has 1 aliphatic rings. The molecule has 20 heavy (non-hydrogen) atoms. The van der Waals surface area contributed by atoms with Crippen LogP contribution < -0.4 is 4.90 Å². The summed E-state index contributed by atoms with van der Waals surface area (Å²) in [6, 6.07) is 2.05. The smallest absolute Gasteiger partial charge is 0.136 e. The number of allylic oxidation sites excluding steroid dienone is 1. The lowest BCUT2D eigenvalue weighted by atomic mass is 9.87. The average molecular weight is 276 g/mol. The van der Waals surface area contributed by atoms with Gasteiger partial charge in [-0.05, 0) is 38.2 Å². The van der Waals surface area contributed by atoms with E-state index in [1.54, 1.807) is 6.07 Å². The van der Waals surface area contributed by atoms with Crippen LogP contribution in [0.2, 0.25) is 0 Å². The largest absolute Gasteiger partial charge is 0.506 e. The molecule has 4 nitrogen and oxygen atoms in total. The van der Waals surface area contributed by atoms with Gasteiger partial charge in [0, 0.05) is 17.3 Å². The molecule has 0 saturated heterocycles. The molecule has 4 heteroatoms.